The Morgan fingerprint density at radius 1 is 1.41 bits per heavy atom. The fraction of sp³-hybridized carbons (Fsp3) is 0.500. The zero-order valence-electron chi connectivity index (χ0n) is 12.6. The molecule has 0 saturated carbocycles. The van der Waals surface area contributed by atoms with Crippen molar-refractivity contribution in [3.8, 4) is 5.88 Å². The number of aliphatic hydroxyl groups excluding tert-OH is 1. The highest BCUT2D eigenvalue weighted by atomic mass is 16.5. The summed E-state index contributed by atoms with van der Waals surface area (Å²) in [6, 6.07) is 5.64. The van der Waals surface area contributed by atoms with Crippen molar-refractivity contribution in [3.05, 3.63) is 30.0 Å². The number of hydrogen-bond acceptors (Lipinski definition) is 6. The largest absolute Gasteiger partial charge is 0.481 e. The van der Waals surface area contributed by atoms with Crippen molar-refractivity contribution < 1.29 is 14.6 Å². The topological polar surface area (TPSA) is 90.5 Å². The highest BCUT2D eigenvalue weighted by Gasteiger charge is 2.29. The first-order valence-electron chi connectivity index (χ1n) is 7.50. The normalized spacial score (nSPS) is 23.4. The molecule has 0 amide bonds. The van der Waals surface area contributed by atoms with Gasteiger partial charge in [-0.15, -0.1) is 0 Å². The van der Waals surface area contributed by atoms with Crippen LogP contribution in [0.3, 0.4) is 0 Å². The van der Waals surface area contributed by atoms with Gasteiger partial charge in [-0.1, -0.05) is 0 Å². The molecule has 3 unspecified atom stereocenters. The van der Waals surface area contributed by atoms with E-state index in [1.165, 1.54) is 0 Å². The van der Waals surface area contributed by atoms with Crippen molar-refractivity contribution in [3.63, 3.8) is 0 Å². The molecule has 0 spiro atoms. The summed E-state index contributed by atoms with van der Waals surface area (Å²) in [7, 11) is 1.58. The molecule has 0 bridgehead atoms. The Morgan fingerprint density at radius 3 is 2.95 bits per heavy atom. The van der Waals surface area contributed by atoms with E-state index in [9.17, 15) is 5.11 Å². The number of hydrogen-bond donors (Lipinski definition) is 2. The third-order valence-corrected chi connectivity index (χ3v) is 4.19. The molecule has 2 aromatic rings. The molecule has 2 aromatic heterocycles. The molecule has 0 radical (unpaired) electrons. The Hall–Kier alpha value is -1.76. The molecule has 1 fully saturated rings. The maximum absolute atomic E-state index is 9.89. The Kier molecular flexibility index (Phi) is 4.52. The molecule has 1 aliphatic rings. The first kappa shape index (κ1) is 15.1. The molecular formula is C16H21N3O3. The molecule has 3 atom stereocenters. The van der Waals surface area contributed by atoms with Crippen LogP contribution in [0.1, 0.15) is 24.3 Å². The van der Waals surface area contributed by atoms with Crippen LogP contribution in [0, 0.1) is 0 Å². The van der Waals surface area contributed by atoms with Gasteiger partial charge in [0.05, 0.1) is 37.5 Å². The smallest absolute Gasteiger partial charge is 0.213 e. The number of pyridine rings is 2. The van der Waals surface area contributed by atoms with Gasteiger partial charge < -0.3 is 20.3 Å². The van der Waals surface area contributed by atoms with Crippen LogP contribution in [-0.4, -0.2) is 47.5 Å². The SMILES string of the molecule is COc1ccc2nccc(C(CO)C3CCC(N)CO3)c2n1. The monoisotopic (exact) mass is 303 g/mol. The second kappa shape index (κ2) is 6.56. The number of methoxy groups -OCH3 is 1. The van der Waals surface area contributed by atoms with Crippen molar-refractivity contribution in [2.45, 2.75) is 30.9 Å². The fourth-order valence-corrected chi connectivity index (χ4v) is 2.97. The van der Waals surface area contributed by atoms with Crippen molar-refractivity contribution in [2.75, 3.05) is 20.3 Å². The van der Waals surface area contributed by atoms with Gasteiger partial charge >= 0.3 is 0 Å². The summed E-state index contributed by atoms with van der Waals surface area (Å²) in [6.45, 7) is 0.527. The zero-order valence-corrected chi connectivity index (χ0v) is 12.6. The van der Waals surface area contributed by atoms with E-state index in [4.69, 9.17) is 15.2 Å². The second-order valence-electron chi connectivity index (χ2n) is 5.62. The van der Waals surface area contributed by atoms with Crippen LogP contribution >= 0.6 is 0 Å². The van der Waals surface area contributed by atoms with Crippen LogP contribution in [0.15, 0.2) is 24.4 Å². The van der Waals surface area contributed by atoms with Gasteiger partial charge in [0.1, 0.15) is 0 Å². The van der Waals surface area contributed by atoms with Crippen molar-refractivity contribution in [1.29, 1.82) is 0 Å². The first-order valence-corrected chi connectivity index (χ1v) is 7.50. The van der Waals surface area contributed by atoms with E-state index in [-0.39, 0.29) is 24.7 Å². The van der Waals surface area contributed by atoms with Crippen LogP contribution in [0.25, 0.3) is 11.0 Å². The van der Waals surface area contributed by atoms with Gasteiger partial charge in [-0.3, -0.25) is 4.98 Å². The molecule has 1 saturated heterocycles. The van der Waals surface area contributed by atoms with Crippen molar-refractivity contribution in [1.82, 2.24) is 9.97 Å². The number of ether oxygens (including phenoxy) is 2. The summed E-state index contributed by atoms with van der Waals surface area (Å²) in [4.78, 5) is 8.83. The molecule has 3 heterocycles. The summed E-state index contributed by atoms with van der Waals surface area (Å²) in [5, 5.41) is 9.89. The Balaban J connectivity index is 1.99. The fourth-order valence-electron chi connectivity index (χ4n) is 2.97. The van der Waals surface area contributed by atoms with Crippen molar-refractivity contribution in [2.24, 2.45) is 5.73 Å². The number of nitrogens with zero attached hydrogens (tertiary/aromatic N) is 2. The minimum absolute atomic E-state index is 0.00208. The number of aliphatic hydroxyl groups is 1. The van der Waals surface area contributed by atoms with E-state index in [1.807, 2.05) is 12.1 Å². The predicted molar refractivity (Wildman–Crippen MR) is 82.9 cm³/mol. The lowest BCUT2D eigenvalue weighted by molar-refractivity contribution is -0.0210. The van der Waals surface area contributed by atoms with E-state index in [2.05, 4.69) is 9.97 Å². The Labute approximate surface area is 129 Å². The van der Waals surface area contributed by atoms with E-state index in [0.717, 1.165) is 29.4 Å². The van der Waals surface area contributed by atoms with Crippen LogP contribution < -0.4 is 10.5 Å². The molecule has 6 nitrogen and oxygen atoms in total. The van der Waals surface area contributed by atoms with E-state index in [1.54, 1.807) is 19.4 Å². The van der Waals surface area contributed by atoms with Crippen LogP contribution in [0.2, 0.25) is 0 Å². The molecule has 3 rings (SSSR count). The third-order valence-electron chi connectivity index (χ3n) is 4.19. The third kappa shape index (κ3) is 2.90. The number of nitrogens with two attached hydrogens (primary N) is 1. The van der Waals surface area contributed by atoms with E-state index < -0.39 is 0 Å². The van der Waals surface area contributed by atoms with Gasteiger partial charge in [0.25, 0.3) is 0 Å². The van der Waals surface area contributed by atoms with Gasteiger partial charge in [0, 0.05) is 24.2 Å². The molecule has 1 aliphatic heterocycles. The molecule has 22 heavy (non-hydrogen) atoms. The maximum atomic E-state index is 9.89. The Bertz CT molecular complexity index is 642. The van der Waals surface area contributed by atoms with E-state index >= 15 is 0 Å². The number of rotatable bonds is 4. The van der Waals surface area contributed by atoms with Gasteiger partial charge in [0.2, 0.25) is 5.88 Å². The number of fused-ring (bicyclic) bond motifs is 1. The summed E-state index contributed by atoms with van der Waals surface area (Å²) >= 11 is 0. The standard InChI is InChI=1S/C16H21N3O3/c1-21-15-5-3-13-16(19-15)11(6-7-18-13)12(8-20)14-4-2-10(17)9-22-14/h3,5-7,10,12,14,20H,2,4,8-9,17H2,1H3. The minimum Gasteiger partial charge on any atom is -0.481 e. The van der Waals surface area contributed by atoms with Crippen LogP contribution in [0.5, 0.6) is 5.88 Å². The molecular weight excluding hydrogens is 282 g/mol. The molecule has 3 N–H and O–H groups in total. The quantitative estimate of drug-likeness (QED) is 0.882. The summed E-state index contributed by atoms with van der Waals surface area (Å²) < 4.78 is 11.0. The van der Waals surface area contributed by atoms with Gasteiger partial charge in [-0.05, 0) is 30.5 Å². The molecule has 0 aromatic carbocycles. The maximum Gasteiger partial charge on any atom is 0.213 e. The van der Waals surface area contributed by atoms with Crippen molar-refractivity contribution >= 4 is 11.0 Å². The van der Waals surface area contributed by atoms with E-state index in [0.29, 0.717) is 12.5 Å². The number of aromatic nitrogens is 2. The second-order valence-corrected chi connectivity index (χ2v) is 5.62. The molecule has 118 valence electrons. The van der Waals surface area contributed by atoms with Gasteiger partial charge in [-0.25, -0.2) is 4.98 Å². The minimum atomic E-state index is -0.141. The zero-order chi connectivity index (χ0) is 15.5. The lowest BCUT2D eigenvalue weighted by Gasteiger charge is -2.32. The first-order chi connectivity index (χ1) is 10.7. The summed E-state index contributed by atoms with van der Waals surface area (Å²) in [5.74, 6) is 0.391. The highest BCUT2D eigenvalue weighted by molar-refractivity contribution is 5.78. The molecule has 0 aliphatic carbocycles. The van der Waals surface area contributed by atoms with Gasteiger partial charge in [-0.2, -0.15) is 0 Å². The summed E-state index contributed by atoms with van der Waals surface area (Å²) in [6.07, 6.45) is 3.42. The average molecular weight is 303 g/mol. The van der Waals surface area contributed by atoms with Crippen LogP contribution in [-0.2, 0) is 4.74 Å². The van der Waals surface area contributed by atoms with Crippen LogP contribution in [0.4, 0.5) is 0 Å². The lowest BCUT2D eigenvalue weighted by atomic mass is 9.88. The highest BCUT2D eigenvalue weighted by Crippen LogP contribution is 2.31. The Morgan fingerprint density at radius 2 is 2.27 bits per heavy atom. The average Bonchev–Trinajstić information content (AvgIpc) is 2.57. The summed E-state index contributed by atoms with van der Waals surface area (Å²) in [5.41, 5.74) is 8.35. The predicted octanol–water partition coefficient (Wildman–Crippen LogP) is 1.22. The molecule has 6 heteroatoms. The lowest BCUT2D eigenvalue weighted by Crippen LogP contribution is -2.39. The van der Waals surface area contributed by atoms with Gasteiger partial charge in [0.15, 0.2) is 0 Å².